The molecule has 0 saturated carbocycles. The van der Waals surface area contributed by atoms with Gasteiger partial charge in [0.05, 0.1) is 32.6 Å². The number of fused-ring (bicyclic) bond motifs is 1. The molecule has 1 aromatic carbocycles. The molecule has 140 valence electrons. The fourth-order valence-electron chi connectivity index (χ4n) is 2.18. The largest absolute Gasteiger partial charge is 0.485 e. The van der Waals surface area contributed by atoms with Crippen LogP contribution in [0.3, 0.4) is 0 Å². The summed E-state index contributed by atoms with van der Waals surface area (Å²) in [7, 11) is 2.36. The summed E-state index contributed by atoms with van der Waals surface area (Å²) < 4.78 is 25.3. The van der Waals surface area contributed by atoms with E-state index in [-0.39, 0.29) is 42.6 Å². The Kier molecular flexibility index (Phi) is 6.42. The van der Waals surface area contributed by atoms with Gasteiger partial charge in [-0.05, 0) is 19.1 Å². The topological polar surface area (TPSA) is 109 Å². The van der Waals surface area contributed by atoms with Gasteiger partial charge in [-0.1, -0.05) is 0 Å². The molecular weight excluding hydrogens is 346 g/mol. The molecule has 0 amide bonds. The first kappa shape index (κ1) is 19.1. The Balaban J connectivity index is 2.43. The molecule has 0 aliphatic carbocycles. The van der Waals surface area contributed by atoms with Crippen LogP contribution >= 0.6 is 0 Å². The van der Waals surface area contributed by atoms with Gasteiger partial charge in [0, 0.05) is 0 Å². The van der Waals surface area contributed by atoms with Gasteiger partial charge in [-0.3, -0.25) is 0 Å². The number of carbonyl (C=O) groups excluding carboxylic acids is 3. The van der Waals surface area contributed by atoms with Crippen LogP contribution < -0.4 is 14.8 Å². The van der Waals surface area contributed by atoms with Crippen LogP contribution in [-0.2, 0) is 23.8 Å². The first-order valence-corrected chi connectivity index (χ1v) is 7.76. The summed E-state index contributed by atoms with van der Waals surface area (Å²) in [5.41, 5.74) is 0.344. The molecule has 1 N–H and O–H groups in total. The van der Waals surface area contributed by atoms with Gasteiger partial charge in [0.15, 0.2) is 11.5 Å². The van der Waals surface area contributed by atoms with Crippen molar-refractivity contribution in [2.75, 3.05) is 39.4 Å². The number of carbonyl (C=O) groups is 3. The van der Waals surface area contributed by atoms with Gasteiger partial charge >= 0.3 is 17.9 Å². The summed E-state index contributed by atoms with van der Waals surface area (Å²) in [5.74, 6) is -1.66. The maximum atomic E-state index is 12.1. The van der Waals surface area contributed by atoms with Crippen molar-refractivity contribution in [2.45, 2.75) is 6.92 Å². The van der Waals surface area contributed by atoms with Crippen molar-refractivity contribution >= 4 is 23.6 Å². The van der Waals surface area contributed by atoms with Crippen LogP contribution in [0.25, 0.3) is 0 Å². The second kappa shape index (κ2) is 8.75. The van der Waals surface area contributed by atoms with E-state index in [1.807, 2.05) is 0 Å². The second-order valence-corrected chi connectivity index (χ2v) is 4.93. The molecule has 0 radical (unpaired) electrons. The minimum atomic E-state index is -0.782. The van der Waals surface area contributed by atoms with Gasteiger partial charge in [0.25, 0.3) is 0 Å². The lowest BCUT2D eigenvalue weighted by Crippen LogP contribution is -2.21. The maximum absolute atomic E-state index is 12.1. The number of rotatable bonds is 6. The number of nitrogens with one attached hydrogen (secondary N) is 1. The molecule has 1 aliphatic rings. The van der Waals surface area contributed by atoms with Crippen LogP contribution in [0.2, 0.25) is 0 Å². The zero-order valence-corrected chi connectivity index (χ0v) is 14.6. The molecular formula is C17H19NO8. The lowest BCUT2D eigenvalue weighted by molar-refractivity contribution is -0.138. The smallest absolute Gasteiger partial charge is 0.354 e. The lowest BCUT2D eigenvalue weighted by Gasteiger charge is -2.23. The molecule has 26 heavy (non-hydrogen) atoms. The lowest BCUT2D eigenvalue weighted by atomic mass is 10.1. The molecule has 0 saturated heterocycles. The molecule has 0 unspecified atom stereocenters. The Hall–Kier alpha value is -3.23. The monoisotopic (exact) mass is 365 g/mol. The number of hydrogen-bond donors (Lipinski definition) is 1. The Morgan fingerprint density at radius 3 is 2.42 bits per heavy atom. The highest BCUT2D eigenvalue weighted by Gasteiger charge is 2.26. The van der Waals surface area contributed by atoms with E-state index in [9.17, 15) is 14.4 Å². The Bertz CT molecular complexity index is 741. The van der Waals surface area contributed by atoms with Gasteiger partial charge < -0.3 is 29.0 Å². The first-order chi connectivity index (χ1) is 12.5. The zero-order valence-electron chi connectivity index (χ0n) is 14.6. The SMILES string of the molecule is CCOC(=O)c1ccc(N/C(=C/C(=O)OC)C(=O)OC)c2c1OCCO2. The van der Waals surface area contributed by atoms with E-state index in [0.29, 0.717) is 5.69 Å². The van der Waals surface area contributed by atoms with E-state index in [2.05, 4.69) is 14.8 Å². The van der Waals surface area contributed by atoms with Crippen LogP contribution in [0, 0.1) is 0 Å². The number of anilines is 1. The van der Waals surface area contributed by atoms with Gasteiger partial charge in [-0.25, -0.2) is 14.4 Å². The van der Waals surface area contributed by atoms with Crippen molar-refractivity contribution in [1.82, 2.24) is 0 Å². The molecule has 1 aromatic rings. The fourth-order valence-corrected chi connectivity index (χ4v) is 2.18. The normalized spacial score (nSPS) is 12.8. The van der Waals surface area contributed by atoms with Crippen molar-refractivity contribution in [3.05, 3.63) is 29.5 Å². The van der Waals surface area contributed by atoms with E-state index >= 15 is 0 Å². The summed E-state index contributed by atoms with van der Waals surface area (Å²) in [6.45, 7) is 2.41. The van der Waals surface area contributed by atoms with E-state index in [1.165, 1.54) is 26.4 Å². The third-order valence-corrected chi connectivity index (χ3v) is 3.32. The van der Waals surface area contributed by atoms with Crippen molar-refractivity contribution in [2.24, 2.45) is 0 Å². The van der Waals surface area contributed by atoms with E-state index in [0.717, 1.165) is 6.08 Å². The van der Waals surface area contributed by atoms with Crippen molar-refractivity contribution in [3.8, 4) is 11.5 Å². The predicted octanol–water partition coefficient (Wildman–Crippen LogP) is 1.28. The predicted molar refractivity (Wildman–Crippen MR) is 89.1 cm³/mol. The Morgan fingerprint density at radius 2 is 1.81 bits per heavy atom. The highest BCUT2D eigenvalue weighted by Crippen LogP contribution is 2.41. The molecule has 0 spiro atoms. The minimum absolute atomic E-state index is 0.167. The molecule has 0 atom stereocenters. The van der Waals surface area contributed by atoms with Crippen molar-refractivity contribution in [1.29, 1.82) is 0 Å². The average Bonchev–Trinajstić information content (AvgIpc) is 2.66. The highest BCUT2D eigenvalue weighted by atomic mass is 16.6. The third-order valence-electron chi connectivity index (χ3n) is 3.32. The third kappa shape index (κ3) is 4.24. The highest BCUT2D eigenvalue weighted by molar-refractivity contribution is 6.00. The van der Waals surface area contributed by atoms with Gasteiger partial charge in [-0.2, -0.15) is 0 Å². The van der Waals surface area contributed by atoms with Gasteiger partial charge in [-0.15, -0.1) is 0 Å². The van der Waals surface area contributed by atoms with E-state index < -0.39 is 17.9 Å². The maximum Gasteiger partial charge on any atom is 0.354 e. The first-order valence-electron chi connectivity index (χ1n) is 7.76. The number of methoxy groups -OCH3 is 2. The second-order valence-electron chi connectivity index (χ2n) is 4.93. The molecule has 2 rings (SSSR count). The summed E-state index contributed by atoms with van der Waals surface area (Å²) >= 11 is 0. The van der Waals surface area contributed by atoms with Crippen LogP contribution in [0.15, 0.2) is 23.9 Å². The van der Waals surface area contributed by atoms with Crippen LogP contribution in [0.4, 0.5) is 5.69 Å². The van der Waals surface area contributed by atoms with Crippen LogP contribution in [-0.4, -0.2) is 51.9 Å². The minimum Gasteiger partial charge on any atom is -0.485 e. The van der Waals surface area contributed by atoms with Crippen LogP contribution in [0.5, 0.6) is 11.5 Å². The Morgan fingerprint density at radius 1 is 1.12 bits per heavy atom. The number of benzene rings is 1. The van der Waals surface area contributed by atoms with Crippen molar-refractivity contribution < 1.29 is 38.1 Å². The molecule has 1 heterocycles. The van der Waals surface area contributed by atoms with E-state index in [4.69, 9.17) is 14.2 Å². The zero-order chi connectivity index (χ0) is 19.1. The standard InChI is InChI=1S/C17H19NO8/c1-4-24-16(20)10-5-6-11(15-14(10)25-7-8-26-15)18-12(17(21)23-3)9-13(19)22-2/h5-6,9,18H,4,7-8H2,1-3H3/b12-9+. The number of hydrogen-bond acceptors (Lipinski definition) is 9. The Labute approximate surface area is 149 Å². The van der Waals surface area contributed by atoms with Gasteiger partial charge in [0.1, 0.15) is 24.5 Å². The molecule has 1 aliphatic heterocycles. The van der Waals surface area contributed by atoms with E-state index in [1.54, 1.807) is 6.92 Å². The summed E-state index contributed by atoms with van der Waals surface area (Å²) in [5, 5.41) is 2.75. The molecule has 0 fully saturated rings. The summed E-state index contributed by atoms with van der Waals surface area (Å²) in [6.07, 6.45) is 0.946. The average molecular weight is 365 g/mol. The molecule has 0 bridgehead atoms. The molecule has 0 aromatic heterocycles. The summed E-state index contributed by atoms with van der Waals surface area (Å²) in [4.78, 5) is 35.4. The quantitative estimate of drug-likeness (QED) is 0.453. The number of esters is 3. The van der Waals surface area contributed by atoms with Crippen LogP contribution in [0.1, 0.15) is 17.3 Å². The van der Waals surface area contributed by atoms with Crippen molar-refractivity contribution in [3.63, 3.8) is 0 Å². The molecule has 9 heteroatoms. The fraction of sp³-hybridized carbons (Fsp3) is 0.353. The number of ether oxygens (including phenoxy) is 5. The molecule has 9 nitrogen and oxygen atoms in total. The summed E-state index contributed by atoms with van der Waals surface area (Å²) in [6, 6.07) is 2.98. The van der Waals surface area contributed by atoms with Gasteiger partial charge in [0.2, 0.25) is 0 Å².